The molecule has 0 atom stereocenters. The quantitative estimate of drug-likeness (QED) is 0.170. The second-order valence-electron chi connectivity index (χ2n) is 12.4. The number of hydrogen-bond donors (Lipinski definition) is 1. The predicted octanol–water partition coefficient (Wildman–Crippen LogP) is 11.5. The van der Waals surface area contributed by atoms with E-state index in [0.717, 1.165) is 22.4 Å². The molecular weight excluding hydrogens is 806 g/mol. The summed E-state index contributed by atoms with van der Waals surface area (Å²) in [6.07, 6.45) is 1.45. The van der Waals surface area contributed by atoms with Gasteiger partial charge in [-0.15, -0.1) is 23.8 Å². The number of aromatic nitrogens is 3. The molecule has 0 aliphatic carbocycles. The van der Waals surface area contributed by atoms with Crippen molar-refractivity contribution in [2.75, 3.05) is 0 Å². The van der Waals surface area contributed by atoms with E-state index >= 15 is 0 Å². The van der Waals surface area contributed by atoms with Gasteiger partial charge in [-0.3, -0.25) is 9.55 Å². The molecule has 6 aromatic carbocycles. The molecule has 0 radical (unpaired) electrons. The number of benzene rings is 6. The zero-order valence-corrected chi connectivity index (χ0v) is 30.4. The van der Waals surface area contributed by atoms with Crippen molar-refractivity contribution in [2.24, 2.45) is 0 Å². The largest absolute Gasteiger partial charge is 0.507 e. The number of hydrogen-bond acceptors (Lipinski definition) is 3. The van der Waals surface area contributed by atoms with Gasteiger partial charge in [-0.05, 0) is 97.0 Å². The predicted molar refractivity (Wildman–Crippen MR) is 205 cm³/mol. The van der Waals surface area contributed by atoms with Gasteiger partial charge in [0.1, 0.15) is 11.6 Å². The fourth-order valence-electron chi connectivity index (χ4n) is 6.49. The zero-order valence-electron chi connectivity index (χ0n) is 38.1. The van der Waals surface area contributed by atoms with Gasteiger partial charge in [0.2, 0.25) is 0 Å². The molecule has 5 heteroatoms. The average Bonchev–Trinajstić information content (AvgIpc) is 3.61. The van der Waals surface area contributed by atoms with Gasteiger partial charge < -0.3 is 5.11 Å². The van der Waals surface area contributed by atoms with E-state index in [1.807, 2.05) is 74.7 Å². The maximum atomic E-state index is 11.5. The Balaban J connectivity index is 0.00000561. The number of pyridine rings is 1. The number of imidazole rings is 1. The molecule has 8 aromatic rings. The minimum atomic E-state index is -0.534. The summed E-state index contributed by atoms with van der Waals surface area (Å²) in [4.78, 5) is 9.82. The Labute approximate surface area is 327 Å². The topological polar surface area (TPSA) is 50.9 Å². The normalized spacial score (nSPS) is 13.8. The van der Waals surface area contributed by atoms with Gasteiger partial charge in [0.25, 0.3) is 0 Å². The Morgan fingerprint density at radius 2 is 1.29 bits per heavy atom. The van der Waals surface area contributed by atoms with Crippen molar-refractivity contribution in [3.63, 3.8) is 0 Å². The third-order valence-corrected chi connectivity index (χ3v) is 8.61. The van der Waals surface area contributed by atoms with Crippen molar-refractivity contribution in [1.29, 1.82) is 0 Å². The van der Waals surface area contributed by atoms with Crippen molar-refractivity contribution in [3.8, 4) is 67.5 Å². The van der Waals surface area contributed by atoms with Gasteiger partial charge in [-0.1, -0.05) is 107 Å². The smallest absolute Gasteiger partial charge is 0.148 e. The molecule has 0 aliphatic rings. The van der Waals surface area contributed by atoms with E-state index in [1.165, 1.54) is 6.20 Å². The van der Waals surface area contributed by atoms with Crippen LogP contribution < -0.4 is 0 Å². The van der Waals surface area contributed by atoms with Crippen LogP contribution in [0.15, 0.2) is 139 Å². The van der Waals surface area contributed by atoms with Crippen LogP contribution in [0.1, 0.15) is 36.0 Å². The Bertz CT molecular complexity index is 3050. The number of fused-ring (bicyclic) bond motifs is 1. The Hall–Kier alpha value is -5.57. The number of nitrogens with zero attached hydrogens (tertiary/aromatic N) is 3. The maximum Gasteiger partial charge on any atom is 0.148 e. The number of para-hydroxylation sites is 1. The number of phenolic OH excluding ortho intramolecular Hbond substituents is 1. The van der Waals surface area contributed by atoms with Gasteiger partial charge in [-0.2, -0.15) is 0 Å². The third kappa shape index (κ3) is 6.56. The van der Waals surface area contributed by atoms with E-state index in [4.69, 9.17) is 18.7 Å². The van der Waals surface area contributed by atoms with E-state index < -0.39 is 48.3 Å². The van der Waals surface area contributed by atoms with E-state index in [0.29, 0.717) is 50.2 Å². The molecule has 0 spiro atoms. The molecule has 51 heavy (non-hydrogen) atoms. The molecule has 2 heterocycles. The Morgan fingerprint density at radius 1 is 0.647 bits per heavy atom. The van der Waals surface area contributed by atoms with Crippen LogP contribution in [0, 0.1) is 33.8 Å². The van der Waals surface area contributed by atoms with Crippen molar-refractivity contribution in [1.82, 2.24) is 14.5 Å². The summed E-state index contributed by atoms with van der Waals surface area (Å²) in [6, 6.07) is 20.9. The number of rotatable bonds is 6. The van der Waals surface area contributed by atoms with Crippen molar-refractivity contribution >= 4 is 11.0 Å². The molecule has 2 aromatic heterocycles. The summed E-state index contributed by atoms with van der Waals surface area (Å²) in [7, 11) is 0. The van der Waals surface area contributed by atoms with Crippen molar-refractivity contribution in [2.45, 2.75) is 27.7 Å². The summed E-state index contributed by atoms with van der Waals surface area (Å²) in [5.74, 6) is 0.576. The van der Waals surface area contributed by atoms with Crippen LogP contribution in [-0.4, -0.2) is 19.6 Å². The first-order valence-electron chi connectivity index (χ1n) is 21.1. The molecule has 252 valence electrons. The summed E-state index contributed by atoms with van der Waals surface area (Å²) in [5, 5.41) is 11.5. The fourth-order valence-corrected chi connectivity index (χ4v) is 6.49. The minimum Gasteiger partial charge on any atom is -0.507 e. The van der Waals surface area contributed by atoms with Crippen LogP contribution in [-0.2, 0) is 21.1 Å². The molecule has 0 aliphatic heterocycles. The fraction of sp³-hybridized carbons (Fsp3) is 0.0870. The summed E-state index contributed by atoms with van der Waals surface area (Å²) >= 11 is 0. The molecule has 0 saturated carbocycles. The van der Waals surface area contributed by atoms with Crippen LogP contribution in [0.2, 0.25) is 0 Å². The van der Waals surface area contributed by atoms with E-state index in [1.54, 1.807) is 24.3 Å². The van der Waals surface area contributed by atoms with Crippen LogP contribution in [0.25, 0.3) is 72.7 Å². The molecular formula is C46H36N3OPt-. The molecule has 8 rings (SSSR count). The summed E-state index contributed by atoms with van der Waals surface area (Å²) in [5.41, 5.74) is 8.41. The third-order valence-electron chi connectivity index (χ3n) is 8.61. The first kappa shape index (κ1) is 23.8. The molecule has 0 fully saturated rings. The van der Waals surface area contributed by atoms with Crippen LogP contribution in [0.4, 0.5) is 0 Å². The van der Waals surface area contributed by atoms with Gasteiger partial charge in [0, 0.05) is 38.6 Å². The standard InChI is InChI=1S/C46H36N3O.Pt/c1-29-20-30(2)23-39(22-29)49-43-17-11-16-40(44(43)48-46(49)41-24-31(3)21-32(4)45(41)50)37-25-36(34-14-9-6-10-15-34)26-38(27-37)42-28-35(18-19-47-42)33-12-7-5-8-13-33;/h5-26,28,50H,1-4H3;/q-1;/i5D,6D,7D,8D,9D,10D,12D,13D,14D,15D;. The summed E-state index contributed by atoms with van der Waals surface area (Å²) in [6.45, 7) is 7.81. The maximum absolute atomic E-state index is 11.5. The average molecular weight is 852 g/mol. The zero-order chi connectivity index (χ0) is 43.1. The van der Waals surface area contributed by atoms with Crippen LogP contribution in [0.5, 0.6) is 5.75 Å². The first-order valence-corrected chi connectivity index (χ1v) is 16.1. The Kier molecular flexibility index (Phi) is 6.51. The van der Waals surface area contributed by atoms with Crippen molar-refractivity contribution < 1.29 is 39.9 Å². The van der Waals surface area contributed by atoms with Gasteiger partial charge in [0.15, 0.2) is 0 Å². The molecule has 0 bridgehead atoms. The number of aryl methyl sites for hydroxylation is 4. The second kappa shape index (κ2) is 14.0. The first-order chi connectivity index (χ1) is 28.5. The second-order valence-corrected chi connectivity index (χ2v) is 12.4. The Morgan fingerprint density at radius 3 is 2.00 bits per heavy atom. The summed E-state index contributed by atoms with van der Waals surface area (Å²) < 4.78 is 86.8. The SMILES string of the molecule is [2H]c1c([2H])c([2H])c(-c2cc(-c3cc(-c4c([2H])c([2H])c([2H])c([2H])c4[2H])ccn3)[c-]c(-c3cccc4c3nc(-c3cc(C)cc(C)c3O)n4-c3cc(C)cc(C)c3)c2)c([2H])c1[2H].[Pt]. The molecule has 0 amide bonds. The van der Waals surface area contributed by atoms with Crippen LogP contribution in [0.3, 0.4) is 0 Å². The van der Waals surface area contributed by atoms with Gasteiger partial charge in [0.05, 0.1) is 30.3 Å². The van der Waals surface area contributed by atoms with Crippen LogP contribution >= 0.6 is 0 Å². The van der Waals surface area contributed by atoms with Gasteiger partial charge >= 0.3 is 0 Å². The van der Waals surface area contributed by atoms with E-state index in [9.17, 15) is 5.11 Å². The molecule has 1 N–H and O–H groups in total. The van der Waals surface area contributed by atoms with Gasteiger partial charge in [-0.25, -0.2) is 4.98 Å². The number of aromatic hydroxyl groups is 1. The minimum absolute atomic E-state index is 0. The molecule has 4 nitrogen and oxygen atoms in total. The van der Waals surface area contributed by atoms with E-state index in [-0.39, 0.29) is 61.3 Å². The van der Waals surface area contributed by atoms with E-state index in [2.05, 4.69) is 17.1 Å². The molecule has 0 saturated heterocycles. The monoisotopic (exact) mass is 851 g/mol. The number of phenols is 1. The van der Waals surface area contributed by atoms with Crippen molar-refractivity contribution in [3.05, 3.63) is 168 Å². The molecule has 0 unspecified atom stereocenters.